The zero-order valence-electron chi connectivity index (χ0n) is 11.6. The second-order valence-corrected chi connectivity index (χ2v) is 7.23. The quantitative estimate of drug-likeness (QED) is 0.761. The van der Waals surface area contributed by atoms with E-state index in [1.807, 2.05) is 0 Å². The summed E-state index contributed by atoms with van der Waals surface area (Å²) >= 11 is 0. The maximum Gasteiger partial charge on any atom is 0.0925 e. The van der Waals surface area contributed by atoms with Crippen LogP contribution in [0.3, 0.4) is 0 Å². The van der Waals surface area contributed by atoms with Crippen LogP contribution in [0.1, 0.15) is 53.4 Å². The van der Waals surface area contributed by atoms with Crippen LogP contribution in [0.25, 0.3) is 0 Å². The molecule has 6 atom stereocenters. The predicted molar refractivity (Wildman–Crippen MR) is 67.7 cm³/mol. The topological polar surface area (TPSA) is 29.5 Å². The summed E-state index contributed by atoms with van der Waals surface area (Å²) in [6.07, 6.45) is 4.49. The normalized spacial score (nSPS) is 57.5. The van der Waals surface area contributed by atoms with Gasteiger partial charge in [-0.05, 0) is 50.4 Å². The van der Waals surface area contributed by atoms with Crippen molar-refractivity contribution in [3.8, 4) is 0 Å². The molecule has 0 radical (unpaired) electrons. The average molecular weight is 238 g/mol. The molecule has 17 heavy (non-hydrogen) atoms. The highest BCUT2D eigenvalue weighted by Gasteiger charge is 2.69. The van der Waals surface area contributed by atoms with Crippen LogP contribution >= 0.6 is 0 Å². The Bertz CT molecular complexity index is 327. The molecule has 1 spiro atoms. The van der Waals surface area contributed by atoms with Crippen molar-refractivity contribution in [3.63, 3.8) is 0 Å². The molecule has 3 rings (SSSR count). The van der Waals surface area contributed by atoms with Crippen molar-refractivity contribution in [2.45, 2.75) is 70.7 Å². The predicted octanol–water partition coefficient (Wildman–Crippen LogP) is 2.99. The van der Waals surface area contributed by atoms with Gasteiger partial charge in [0.15, 0.2) is 0 Å². The van der Waals surface area contributed by atoms with Gasteiger partial charge in [-0.15, -0.1) is 0 Å². The van der Waals surface area contributed by atoms with E-state index in [2.05, 4.69) is 27.7 Å². The van der Waals surface area contributed by atoms with E-state index in [0.29, 0.717) is 23.7 Å². The van der Waals surface area contributed by atoms with Crippen LogP contribution in [-0.4, -0.2) is 22.4 Å². The highest BCUT2D eigenvalue weighted by Crippen LogP contribution is 2.63. The van der Waals surface area contributed by atoms with Gasteiger partial charge in [0.25, 0.3) is 0 Å². The van der Waals surface area contributed by atoms with Crippen molar-refractivity contribution >= 4 is 0 Å². The highest BCUT2D eigenvalue weighted by atomic mass is 16.6. The summed E-state index contributed by atoms with van der Waals surface area (Å²) in [6.45, 7) is 9.05. The Morgan fingerprint density at radius 3 is 2.59 bits per heavy atom. The van der Waals surface area contributed by atoms with Crippen LogP contribution in [0.5, 0.6) is 0 Å². The van der Waals surface area contributed by atoms with E-state index in [4.69, 9.17) is 4.74 Å². The van der Waals surface area contributed by atoms with Crippen molar-refractivity contribution in [1.82, 2.24) is 0 Å². The van der Waals surface area contributed by atoms with Crippen LogP contribution in [0.15, 0.2) is 0 Å². The number of rotatable bonds is 1. The SMILES string of the molecule is CC(C)[C@@H]1CC[C@@H](C)[C@]23CC[C@@](C)(O2)[C@@H](O)[C@@H]13. The Morgan fingerprint density at radius 2 is 1.94 bits per heavy atom. The average Bonchev–Trinajstić information content (AvgIpc) is 2.71. The molecule has 1 N–H and O–H groups in total. The number of aliphatic hydroxyl groups is 1. The monoisotopic (exact) mass is 238 g/mol. The zero-order chi connectivity index (χ0) is 12.4. The molecule has 0 amide bonds. The fourth-order valence-electron chi connectivity index (χ4n) is 4.96. The summed E-state index contributed by atoms with van der Waals surface area (Å²) in [7, 11) is 0. The van der Waals surface area contributed by atoms with Crippen LogP contribution in [0.4, 0.5) is 0 Å². The van der Waals surface area contributed by atoms with Crippen LogP contribution in [-0.2, 0) is 4.74 Å². The van der Waals surface area contributed by atoms with E-state index in [-0.39, 0.29) is 17.3 Å². The van der Waals surface area contributed by atoms with Crippen LogP contribution < -0.4 is 0 Å². The molecule has 2 heteroatoms. The Kier molecular flexibility index (Phi) is 2.45. The molecule has 2 nitrogen and oxygen atoms in total. The van der Waals surface area contributed by atoms with Crippen molar-refractivity contribution in [2.75, 3.05) is 0 Å². The fourth-order valence-corrected chi connectivity index (χ4v) is 4.96. The number of fused-ring (bicyclic) bond motifs is 1. The maximum absolute atomic E-state index is 10.7. The zero-order valence-corrected chi connectivity index (χ0v) is 11.6. The van der Waals surface area contributed by atoms with Gasteiger partial charge in [0.2, 0.25) is 0 Å². The molecule has 1 aliphatic carbocycles. The lowest BCUT2D eigenvalue weighted by atomic mass is 9.56. The van der Waals surface area contributed by atoms with Gasteiger partial charge < -0.3 is 9.84 Å². The molecule has 0 aromatic rings. The second-order valence-electron chi connectivity index (χ2n) is 7.23. The Morgan fingerprint density at radius 1 is 1.24 bits per heavy atom. The molecule has 2 heterocycles. The van der Waals surface area contributed by atoms with Crippen molar-refractivity contribution in [3.05, 3.63) is 0 Å². The van der Waals surface area contributed by atoms with Gasteiger partial charge in [-0.1, -0.05) is 20.8 Å². The minimum absolute atomic E-state index is 0.00134. The second kappa shape index (κ2) is 3.48. The first kappa shape index (κ1) is 12.0. The molecule has 3 fully saturated rings. The van der Waals surface area contributed by atoms with Crippen LogP contribution in [0, 0.1) is 23.7 Å². The maximum atomic E-state index is 10.7. The molecule has 2 saturated heterocycles. The minimum atomic E-state index is -0.254. The van der Waals surface area contributed by atoms with E-state index < -0.39 is 0 Å². The summed E-state index contributed by atoms with van der Waals surface area (Å²) in [5.74, 6) is 2.29. The van der Waals surface area contributed by atoms with E-state index in [0.717, 1.165) is 12.8 Å². The van der Waals surface area contributed by atoms with Gasteiger partial charge in [0, 0.05) is 5.92 Å². The molecule has 2 aliphatic heterocycles. The molecule has 3 aliphatic rings. The Balaban J connectivity index is 2.01. The first-order valence-electron chi connectivity index (χ1n) is 7.29. The van der Waals surface area contributed by atoms with Crippen molar-refractivity contribution in [1.29, 1.82) is 0 Å². The van der Waals surface area contributed by atoms with Gasteiger partial charge in [0.05, 0.1) is 17.3 Å². The molecule has 0 aromatic carbocycles. The number of ether oxygens (including phenoxy) is 1. The summed E-state index contributed by atoms with van der Waals surface area (Å²) < 4.78 is 6.41. The highest BCUT2D eigenvalue weighted by molar-refractivity contribution is 5.17. The summed E-state index contributed by atoms with van der Waals surface area (Å²) in [5.41, 5.74) is -0.252. The molecule has 1 saturated carbocycles. The molecular formula is C15H26O2. The third-order valence-corrected chi connectivity index (χ3v) is 6.05. The van der Waals surface area contributed by atoms with Gasteiger partial charge in [-0.25, -0.2) is 0 Å². The summed E-state index contributed by atoms with van der Waals surface area (Å²) in [4.78, 5) is 0. The van der Waals surface area contributed by atoms with Gasteiger partial charge in [0.1, 0.15) is 0 Å². The smallest absolute Gasteiger partial charge is 0.0925 e. The summed E-state index contributed by atoms with van der Waals surface area (Å²) in [5, 5.41) is 10.7. The minimum Gasteiger partial charge on any atom is -0.390 e. The first-order chi connectivity index (χ1) is 7.91. The number of hydrogen-bond acceptors (Lipinski definition) is 2. The molecule has 0 unspecified atom stereocenters. The van der Waals surface area contributed by atoms with Crippen LogP contribution in [0.2, 0.25) is 0 Å². The molecular weight excluding hydrogens is 212 g/mol. The standard InChI is InChI=1S/C15H26O2/c1-9(2)11-6-5-10(3)15-8-7-14(4,17-15)13(16)12(11)15/h9-13,16H,5-8H2,1-4H3/t10-,11+,12-,13+,14-,15+/m1/s1. The van der Waals surface area contributed by atoms with Crippen molar-refractivity contribution in [2.24, 2.45) is 23.7 Å². The fraction of sp³-hybridized carbons (Fsp3) is 1.00. The Labute approximate surface area is 105 Å². The molecule has 2 bridgehead atoms. The van der Waals surface area contributed by atoms with E-state index in [9.17, 15) is 5.11 Å². The van der Waals surface area contributed by atoms with Crippen molar-refractivity contribution < 1.29 is 9.84 Å². The van der Waals surface area contributed by atoms with E-state index >= 15 is 0 Å². The lowest BCUT2D eigenvalue weighted by molar-refractivity contribution is -0.112. The lowest BCUT2D eigenvalue weighted by Crippen LogP contribution is -2.54. The van der Waals surface area contributed by atoms with E-state index in [1.165, 1.54) is 12.8 Å². The van der Waals surface area contributed by atoms with Gasteiger partial charge in [-0.3, -0.25) is 0 Å². The summed E-state index contributed by atoms with van der Waals surface area (Å²) in [6, 6.07) is 0. The molecule has 0 aromatic heterocycles. The first-order valence-corrected chi connectivity index (χ1v) is 7.29. The lowest BCUT2D eigenvalue weighted by Gasteiger charge is -2.49. The molecule has 98 valence electrons. The van der Waals surface area contributed by atoms with E-state index in [1.54, 1.807) is 0 Å². The number of aliphatic hydroxyl groups excluding tert-OH is 1. The third-order valence-electron chi connectivity index (χ3n) is 6.05. The van der Waals surface area contributed by atoms with Gasteiger partial charge >= 0.3 is 0 Å². The largest absolute Gasteiger partial charge is 0.390 e. The number of hydrogen-bond donors (Lipinski definition) is 1. The third kappa shape index (κ3) is 1.34. The van der Waals surface area contributed by atoms with Gasteiger partial charge in [-0.2, -0.15) is 0 Å². The Hall–Kier alpha value is -0.0800.